The lowest BCUT2D eigenvalue weighted by atomic mass is 9.90. The van der Waals surface area contributed by atoms with E-state index in [1.54, 1.807) is 38.5 Å². The second-order valence-electron chi connectivity index (χ2n) is 10.7. The van der Waals surface area contributed by atoms with Gasteiger partial charge >= 0.3 is 0 Å². The van der Waals surface area contributed by atoms with Crippen molar-refractivity contribution in [1.82, 2.24) is 5.32 Å². The predicted molar refractivity (Wildman–Crippen MR) is 175 cm³/mol. The van der Waals surface area contributed by atoms with Crippen LogP contribution in [0.5, 0.6) is 5.75 Å². The van der Waals surface area contributed by atoms with Gasteiger partial charge in [0.25, 0.3) is 5.91 Å². The minimum atomic E-state index is -0.388. The van der Waals surface area contributed by atoms with E-state index in [0.717, 1.165) is 45.4 Å². The molecule has 1 heterocycles. The zero-order valence-corrected chi connectivity index (χ0v) is 26.0. The van der Waals surface area contributed by atoms with Crippen LogP contribution < -0.4 is 15.6 Å². The van der Waals surface area contributed by atoms with Crippen LogP contribution in [0.1, 0.15) is 34.7 Å². The van der Waals surface area contributed by atoms with Crippen LogP contribution in [0.25, 0.3) is 33.4 Å². The van der Waals surface area contributed by atoms with Gasteiger partial charge in [0.2, 0.25) is 0 Å². The molecule has 1 aliphatic carbocycles. The van der Waals surface area contributed by atoms with Gasteiger partial charge in [-0.2, -0.15) is 0 Å². The Balaban J connectivity index is 1.18. The van der Waals surface area contributed by atoms with Crippen molar-refractivity contribution < 1.29 is 28.5 Å². The van der Waals surface area contributed by atoms with Crippen LogP contribution in [0.15, 0.2) is 88.1 Å². The van der Waals surface area contributed by atoms with Crippen LogP contribution in [0, 0.1) is 6.92 Å². The number of benzene rings is 4. The Kier molecular flexibility index (Phi) is 10.1. The number of methoxy groups -OCH3 is 2. The number of fused-ring (bicyclic) bond motifs is 2. The van der Waals surface area contributed by atoms with Crippen LogP contribution in [-0.2, 0) is 14.2 Å². The minimum Gasteiger partial charge on any atom is -0.508 e. The number of nitrogens with zero attached hydrogens (tertiary/aromatic N) is 1. The summed E-state index contributed by atoms with van der Waals surface area (Å²) in [5.41, 5.74) is 6.31. The van der Waals surface area contributed by atoms with E-state index in [0.29, 0.717) is 43.2 Å². The smallest absolute Gasteiger partial charge is 0.251 e. The number of hydrogen-bond acceptors (Lipinski definition) is 8. The molecule has 0 saturated heterocycles. The van der Waals surface area contributed by atoms with Gasteiger partial charge in [0.1, 0.15) is 17.1 Å². The Morgan fingerprint density at radius 1 is 0.933 bits per heavy atom. The molecule has 0 spiro atoms. The van der Waals surface area contributed by atoms with Gasteiger partial charge in [0.05, 0.1) is 13.2 Å². The standard InChI is InChI=1S/C36H38N2O7/c1-5-38(26-9-6-24(7-10-26)36(42-3)43-4)17-19-44-18-16-37-35(41)25-8-13-29(23(2)20-25)34-30-14-11-27(39)21-32(30)45-33-22-28(40)12-15-31(33)34/h6-15,20-22,36,39H,5,16-19H2,1-4H3,(H,37,41). The zero-order valence-electron chi connectivity index (χ0n) is 26.0. The quantitative estimate of drug-likeness (QED) is 0.0929. The number of aryl methyl sites for hydroxylation is 1. The molecule has 0 bridgehead atoms. The van der Waals surface area contributed by atoms with Gasteiger partial charge in [0, 0.05) is 79.3 Å². The molecule has 0 fully saturated rings. The van der Waals surface area contributed by atoms with E-state index in [1.807, 2.05) is 43.3 Å². The molecule has 0 unspecified atom stereocenters. The van der Waals surface area contributed by atoms with Gasteiger partial charge in [-0.15, -0.1) is 0 Å². The number of rotatable bonds is 13. The number of hydrogen-bond donors (Lipinski definition) is 2. The van der Waals surface area contributed by atoms with Gasteiger partial charge in [-0.05, 0) is 73.5 Å². The van der Waals surface area contributed by atoms with E-state index >= 15 is 0 Å². The molecule has 1 amide bonds. The summed E-state index contributed by atoms with van der Waals surface area (Å²) >= 11 is 0. The fraction of sp³-hybridized carbons (Fsp3) is 0.278. The largest absolute Gasteiger partial charge is 0.508 e. The lowest BCUT2D eigenvalue weighted by Gasteiger charge is -2.24. The van der Waals surface area contributed by atoms with Crippen LogP contribution in [-0.4, -0.2) is 58.1 Å². The fourth-order valence-corrected chi connectivity index (χ4v) is 5.53. The number of likely N-dealkylation sites (N-methyl/N-ethyl adjacent to an activating group) is 1. The first-order valence-corrected chi connectivity index (χ1v) is 14.9. The Bertz CT molecular complexity index is 1790. The number of anilines is 1. The van der Waals surface area contributed by atoms with Crippen LogP contribution in [0.4, 0.5) is 5.69 Å². The SMILES string of the molecule is CCN(CCOCCNC(=O)c1ccc(-c2c3ccc(=O)cc-3oc3cc(O)ccc23)c(C)c1)c1ccc(C(OC)OC)cc1. The van der Waals surface area contributed by atoms with Crippen molar-refractivity contribution in [3.05, 3.63) is 106 Å². The number of ether oxygens (including phenoxy) is 3. The van der Waals surface area contributed by atoms with Crippen molar-refractivity contribution in [2.75, 3.05) is 52.0 Å². The van der Waals surface area contributed by atoms with Crippen molar-refractivity contribution in [1.29, 1.82) is 0 Å². The Labute approximate surface area is 262 Å². The van der Waals surface area contributed by atoms with Crippen LogP contribution >= 0.6 is 0 Å². The van der Waals surface area contributed by atoms with Gasteiger partial charge in [-0.25, -0.2) is 0 Å². The highest BCUT2D eigenvalue weighted by atomic mass is 16.7. The van der Waals surface area contributed by atoms with Crippen LogP contribution in [0.2, 0.25) is 0 Å². The van der Waals surface area contributed by atoms with Crippen molar-refractivity contribution in [2.45, 2.75) is 20.1 Å². The lowest BCUT2D eigenvalue weighted by molar-refractivity contribution is -0.106. The van der Waals surface area contributed by atoms with Gasteiger partial charge < -0.3 is 34.0 Å². The Morgan fingerprint density at radius 3 is 2.40 bits per heavy atom. The molecule has 9 heteroatoms. The molecule has 0 saturated carbocycles. The number of amides is 1. The molecule has 2 aliphatic rings. The van der Waals surface area contributed by atoms with Crippen molar-refractivity contribution in [2.24, 2.45) is 0 Å². The summed E-state index contributed by atoms with van der Waals surface area (Å²) in [5, 5.41) is 13.8. The normalized spacial score (nSPS) is 11.4. The third-order valence-electron chi connectivity index (χ3n) is 7.81. The highest BCUT2D eigenvalue weighted by molar-refractivity contribution is 6.03. The van der Waals surface area contributed by atoms with Gasteiger partial charge in [0.15, 0.2) is 11.7 Å². The molecule has 2 N–H and O–H groups in total. The zero-order chi connectivity index (χ0) is 31.9. The molecule has 0 aromatic heterocycles. The van der Waals surface area contributed by atoms with E-state index in [4.69, 9.17) is 18.6 Å². The molecule has 9 nitrogen and oxygen atoms in total. The van der Waals surface area contributed by atoms with E-state index in [1.165, 1.54) is 18.2 Å². The average Bonchev–Trinajstić information content (AvgIpc) is 3.04. The summed E-state index contributed by atoms with van der Waals surface area (Å²) in [5.74, 6) is 0.311. The molecule has 1 aliphatic heterocycles. The number of carbonyl (C=O) groups excluding carboxylic acids is 1. The molecule has 0 atom stereocenters. The molecule has 0 radical (unpaired) electrons. The first-order chi connectivity index (χ1) is 21.8. The fourth-order valence-electron chi connectivity index (χ4n) is 5.53. The van der Waals surface area contributed by atoms with E-state index < -0.39 is 0 Å². The summed E-state index contributed by atoms with van der Waals surface area (Å²) in [6.07, 6.45) is -0.388. The first-order valence-electron chi connectivity index (χ1n) is 14.9. The third kappa shape index (κ3) is 7.17. The van der Waals surface area contributed by atoms with Crippen LogP contribution in [0.3, 0.4) is 0 Å². The number of nitrogens with one attached hydrogen (secondary N) is 1. The number of phenols is 1. The summed E-state index contributed by atoms with van der Waals surface area (Å²) in [6.45, 7) is 6.89. The first kappa shape index (κ1) is 31.7. The molecule has 3 aromatic carbocycles. The molecule has 3 aromatic rings. The van der Waals surface area contributed by atoms with Gasteiger partial charge in [-0.3, -0.25) is 9.59 Å². The molecule has 234 valence electrons. The number of carbonyl (C=O) groups is 1. The van der Waals surface area contributed by atoms with Gasteiger partial charge in [-0.1, -0.05) is 18.2 Å². The minimum absolute atomic E-state index is 0.0688. The summed E-state index contributed by atoms with van der Waals surface area (Å²) in [4.78, 5) is 27.2. The van der Waals surface area contributed by atoms with E-state index in [-0.39, 0.29) is 23.4 Å². The highest BCUT2D eigenvalue weighted by Crippen LogP contribution is 2.41. The van der Waals surface area contributed by atoms with Crippen molar-refractivity contribution in [3.8, 4) is 28.2 Å². The Hall–Kier alpha value is -4.70. The maximum atomic E-state index is 13.0. The predicted octanol–water partition coefficient (Wildman–Crippen LogP) is 6.14. The van der Waals surface area contributed by atoms with E-state index in [9.17, 15) is 14.7 Å². The number of aromatic hydroxyl groups is 1. The lowest BCUT2D eigenvalue weighted by Crippen LogP contribution is -2.30. The third-order valence-corrected chi connectivity index (χ3v) is 7.81. The maximum absolute atomic E-state index is 13.0. The van der Waals surface area contributed by atoms with E-state index in [2.05, 4.69) is 17.1 Å². The average molecular weight is 611 g/mol. The van der Waals surface area contributed by atoms with Crippen molar-refractivity contribution in [3.63, 3.8) is 0 Å². The highest BCUT2D eigenvalue weighted by Gasteiger charge is 2.20. The monoisotopic (exact) mass is 610 g/mol. The molecular weight excluding hydrogens is 572 g/mol. The summed E-state index contributed by atoms with van der Waals surface area (Å²) in [7, 11) is 3.23. The summed E-state index contributed by atoms with van der Waals surface area (Å²) in [6, 6.07) is 23.2. The maximum Gasteiger partial charge on any atom is 0.251 e. The second-order valence-corrected chi connectivity index (χ2v) is 10.7. The summed E-state index contributed by atoms with van der Waals surface area (Å²) < 4.78 is 22.4. The topological polar surface area (TPSA) is 110 Å². The Morgan fingerprint density at radius 2 is 1.69 bits per heavy atom. The number of phenolic OH excluding ortho intramolecular Hbond substituents is 1. The molecular formula is C36H38N2O7. The van der Waals surface area contributed by atoms with Crippen molar-refractivity contribution >= 4 is 22.6 Å². The second kappa shape index (κ2) is 14.4. The molecule has 5 rings (SSSR count). The molecule has 45 heavy (non-hydrogen) atoms.